The van der Waals surface area contributed by atoms with E-state index < -0.39 is 0 Å². The Bertz CT molecular complexity index is 127. The Labute approximate surface area is 61.4 Å². The van der Waals surface area contributed by atoms with Crippen LogP contribution in [-0.2, 0) is 4.79 Å². The van der Waals surface area contributed by atoms with Gasteiger partial charge in [0.1, 0.15) is 6.29 Å². The van der Waals surface area contributed by atoms with Gasteiger partial charge in [-0.05, 0) is 14.0 Å². The van der Waals surface area contributed by atoms with Crippen molar-refractivity contribution in [3.05, 3.63) is 0 Å². The molecule has 58 valence electrons. The number of piperazine rings is 1. The molecule has 0 amide bonds. The second-order valence-electron chi connectivity index (χ2n) is 2.95. The average molecular weight is 142 g/mol. The molecule has 1 fully saturated rings. The Hall–Kier alpha value is -0.410. The minimum absolute atomic E-state index is 0.0798. The number of hydrogen-bond donors (Lipinski definition) is 1. The smallest absolute Gasteiger partial charge is 0.138 e. The second-order valence-corrected chi connectivity index (χ2v) is 2.95. The molecule has 2 atom stereocenters. The van der Waals surface area contributed by atoms with Gasteiger partial charge in [0.05, 0.1) is 6.04 Å². The molecule has 1 heterocycles. The third kappa shape index (κ3) is 1.55. The van der Waals surface area contributed by atoms with Crippen LogP contribution in [0.2, 0.25) is 0 Å². The zero-order chi connectivity index (χ0) is 7.56. The first kappa shape index (κ1) is 7.69. The number of likely N-dealkylation sites (N-methyl/N-ethyl adjacent to an activating group) is 1. The van der Waals surface area contributed by atoms with Crippen LogP contribution in [-0.4, -0.2) is 43.4 Å². The Morgan fingerprint density at radius 2 is 2.40 bits per heavy atom. The number of carbonyl (C=O) groups excluding carboxylic acids is 1. The summed E-state index contributed by atoms with van der Waals surface area (Å²) in [6, 6.07) is 0.595. The summed E-state index contributed by atoms with van der Waals surface area (Å²) >= 11 is 0. The Kier molecular flexibility index (Phi) is 2.40. The van der Waals surface area contributed by atoms with Crippen LogP contribution in [0.25, 0.3) is 0 Å². The molecular formula is C7H14N2O. The van der Waals surface area contributed by atoms with Gasteiger partial charge >= 0.3 is 0 Å². The van der Waals surface area contributed by atoms with E-state index in [0.29, 0.717) is 6.04 Å². The van der Waals surface area contributed by atoms with Gasteiger partial charge in [-0.15, -0.1) is 0 Å². The van der Waals surface area contributed by atoms with E-state index in [2.05, 4.69) is 17.1 Å². The average Bonchev–Trinajstić information content (AvgIpc) is 1.88. The summed E-state index contributed by atoms with van der Waals surface area (Å²) in [6.45, 7) is 3.88. The summed E-state index contributed by atoms with van der Waals surface area (Å²) < 4.78 is 0. The van der Waals surface area contributed by atoms with E-state index in [1.165, 1.54) is 0 Å². The maximum absolute atomic E-state index is 10.4. The predicted molar refractivity (Wildman–Crippen MR) is 39.9 cm³/mol. The molecule has 1 aliphatic heterocycles. The van der Waals surface area contributed by atoms with Crippen LogP contribution >= 0.6 is 0 Å². The lowest BCUT2D eigenvalue weighted by Gasteiger charge is -2.33. The topological polar surface area (TPSA) is 32.3 Å². The van der Waals surface area contributed by atoms with E-state index >= 15 is 0 Å². The monoisotopic (exact) mass is 142 g/mol. The fourth-order valence-electron chi connectivity index (χ4n) is 1.26. The molecule has 10 heavy (non-hydrogen) atoms. The number of carbonyl (C=O) groups is 1. The highest BCUT2D eigenvalue weighted by Crippen LogP contribution is 2.00. The third-order valence-electron chi connectivity index (χ3n) is 1.96. The molecule has 0 aromatic carbocycles. The Morgan fingerprint density at radius 3 is 2.90 bits per heavy atom. The summed E-state index contributed by atoms with van der Waals surface area (Å²) in [5.41, 5.74) is 0. The van der Waals surface area contributed by atoms with Crippen molar-refractivity contribution in [2.75, 3.05) is 20.1 Å². The number of nitrogens with one attached hydrogen (secondary N) is 1. The lowest BCUT2D eigenvalue weighted by molar-refractivity contribution is -0.112. The first-order valence-corrected chi connectivity index (χ1v) is 3.63. The van der Waals surface area contributed by atoms with E-state index in [4.69, 9.17) is 0 Å². The maximum Gasteiger partial charge on any atom is 0.138 e. The number of aldehydes is 1. The van der Waals surface area contributed by atoms with Crippen molar-refractivity contribution in [2.45, 2.75) is 19.0 Å². The van der Waals surface area contributed by atoms with E-state index in [9.17, 15) is 4.79 Å². The van der Waals surface area contributed by atoms with Crippen LogP contribution in [0.15, 0.2) is 0 Å². The second kappa shape index (κ2) is 3.12. The molecule has 0 spiro atoms. The van der Waals surface area contributed by atoms with Crippen LogP contribution < -0.4 is 5.32 Å². The molecule has 0 radical (unpaired) electrons. The van der Waals surface area contributed by atoms with Crippen molar-refractivity contribution < 1.29 is 4.79 Å². The predicted octanol–water partition coefficient (Wildman–Crippen LogP) is -0.523. The van der Waals surface area contributed by atoms with Crippen molar-refractivity contribution in [1.82, 2.24) is 10.2 Å². The molecule has 1 rings (SSSR count). The summed E-state index contributed by atoms with van der Waals surface area (Å²) in [5.74, 6) is 0. The maximum atomic E-state index is 10.4. The Morgan fingerprint density at radius 1 is 1.70 bits per heavy atom. The van der Waals surface area contributed by atoms with Crippen LogP contribution in [0.1, 0.15) is 6.92 Å². The molecule has 1 saturated heterocycles. The van der Waals surface area contributed by atoms with Crippen LogP contribution in [0.4, 0.5) is 0 Å². The van der Waals surface area contributed by atoms with Gasteiger partial charge in [0, 0.05) is 19.1 Å². The molecule has 0 bridgehead atoms. The quantitative estimate of drug-likeness (QED) is 0.500. The van der Waals surface area contributed by atoms with E-state index in [1.54, 1.807) is 0 Å². The first-order chi connectivity index (χ1) is 4.74. The zero-order valence-corrected chi connectivity index (χ0v) is 6.50. The van der Waals surface area contributed by atoms with Gasteiger partial charge in [-0.2, -0.15) is 0 Å². The van der Waals surface area contributed by atoms with Crippen molar-refractivity contribution >= 4 is 6.29 Å². The normalized spacial score (nSPS) is 35.8. The molecule has 0 aromatic rings. The summed E-state index contributed by atoms with van der Waals surface area (Å²) in [7, 11) is 1.98. The highest BCUT2D eigenvalue weighted by atomic mass is 16.1. The SMILES string of the molecule is CC1CN(C)C(C=O)CN1. The molecule has 1 N–H and O–H groups in total. The zero-order valence-electron chi connectivity index (χ0n) is 6.50. The highest BCUT2D eigenvalue weighted by Gasteiger charge is 2.21. The first-order valence-electron chi connectivity index (χ1n) is 3.63. The van der Waals surface area contributed by atoms with Gasteiger partial charge in [-0.25, -0.2) is 0 Å². The molecule has 0 saturated carbocycles. The molecular weight excluding hydrogens is 128 g/mol. The lowest BCUT2D eigenvalue weighted by Crippen LogP contribution is -2.54. The number of rotatable bonds is 1. The summed E-state index contributed by atoms with van der Waals surface area (Å²) in [5, 5.41) is 3.24. The highest BCUT2D eigenvalue weighted by molar-refractivity contribution is 5.58. The largest absolute Gasteiger partial charge is 0.311 e. The van der Waals surface area contributed by atoms with Crippen molar-refractivity contribution in [2.24, 2.45) is 0 Å². The van der Waals surface area contributed by atoms with Crippen LogP contribution in [0.3, 0.4) is 0 Å². The molecule has 1 aliphatic rings. The number of nitrogens with zero attached hydrogens (tertiary/aromatic N) is 1. The minimum Gasteiger partial charge on any atom is -0.311 e. The molecule has 3 heteroatoms. The summed E-state index contributed by atoms with van der Waals surface area (Å²) in [6.07, 6.45) is 0.999. The molecule has 0 aliphatic carbocycles. The molecule has 2 unspecified atom stereocenters. The van der Waals surface area contributed by atoms with Gasteiger partial charge in [0.15, 0.2) is 0 Å². The van der Waals surface area contributed by atoms with Crippen molar-refractivity contribution in [3.63, 3.8) is 0 Å². The third-order valence-corrected chi connectivity index (χ3v) is 1.96. The van der Waals surface area contributed by atoms with Crippen molar-refractivity contribution in [3.8, 4) is 0 Å². The fraction of sp³-hybridized carbons (Fsp3) is 0.857. The van der Waals surface area contributed by atoms with E-state index in [-0.39, 0.29) is 6.04 Å². The van der Waals surface area contributed by atoms with E-state index in [0.717, 1.165) is 19.4 Å². The standard InChI is InChI=1S/C7H14N2O/c1-6-4-9(2)7(5-10)3-8-6/h5-8H,3-4H2,1-2H3. The Balaban J connectivity index is 2.43. The van der Waals surface area contributed by atoms with Gasteiger partial charge in [0.2, 0.25) is 0 Å². The van der Waals surface area contributed by atoms with Crippen LogP contribution in [0.5, 0.6) is 0 Å². The lowest BCUT2D eigenvalue weighted by atomic mass is 10.1. The van der Waals surface area contributed by atoms with Crippen molar-refractivity contribution in [1.29, 1.82) is 0 Å². The summed E-state index contributed by atoms with van der Waals surface area (Å²) in [4.78, 5) is 12.5. The van der Waals surface area contributed by atoms with Gasteiger partial charge in [-0.3, -0.25) is 4.90 Å². The van der Waals surface area contributed by atoms with Gasteiger partial charge in [0.25, 0.3) is 0 Å². The molecule has 0 aromatic heterocycles. The number of hydrogen-bond acceptors (Lipinski definition) is 3. The fourth-order valence-corrected chi connectivity index (χ4v) is 1.26. The van der Waals surface area contributed by atoms with Gasteiger partial charge < -0.3 is 10.1 Å². The van der Waals surface area contributed by atoms with Crippen LogP contribution in [0, 0.1) is 0 Å². The molecule has 3 nitrogen and oxygen atoms in total. The van der Waals surface area contributed by atoms with E-state index in [1.807, 2.05) is 7.05 Å². The van der Waals surface area contributed by atoms with Gasteiger partial charge in [-0.1, -0.05) is 0 Å². The minimum atomic E-state index is 0.0798.